The van der Waals surface area contributed by atoms with Crippen molar-refractivity contribution in [3.05, 3.63) is 65.1 Å². The Kier molecular flexibility index (Phi) is 5.56. The van der Waals surface area contributed by atoms with Crippen LogP contribution in [0.25, 0.3) is 6.08 Å². The van der Waals surface area contributed by atoms with E-state index in [-0.39, 0.29) is 29.8 Å². The van der Waals surface area contributed by atoms with Crippen molar-refractivity contribution in [1.82, 2.24) is 5.32 Å². The summed E-state index contributed by atoms with van der Waals surface area (Å²) in [6.45, 7) is 2.26. The Morgan fingerprint density at radius 1 is 1.03 bits per heavy atom. The third-order valence-electron chi connectivity index (χ3n) is 8.61. The molecule has 0 aromatic heterocycles. The van der Waals surface area contributed by atoms with E-state index in [2.05, 4.69) is 12.2 Å². The van der Waals surface area contributed by atoms with Crippen molar-refractivity contribution in [2.75, 3.05) is 11.4 Å². The van der Waals surface area contributed by atoms with Crippen molar-refractivity contribution in [2.45, 2.75) is 56.4 Å². The number of fused-ring (bicyclic) bond motifs is 1. The average Bonchev–Trinajstić information content (AvgIpc) is 2.81. The van der Waals surface area contributed by atoms with E-state index in [9.17, 15) is 9.59 Å². The van der Waals surface area contributed by atoms with Crippen molar-refractivity contribution in [3.63, 3.8) is 0 Å². The largest absolute Gasteiger partial charge is 0.352 e. The normalized spacial score (nSPS) is 31.4. The van der Waals surface area contributed by atoms with E-state index < -0.39 is 0 Å². The summed E-state index contributed by atoms with van der Waals surface area (Å²) in [5, 5.41) is 3.34. The SMILES string of the molecule is C[C@@H](NC(=O)CN1C(=O)/C(=C/c2ccccc2)Sc2ccccc21)C12CC3CC(CC(C3)C1)C2. The molecule has 0 spiro atoms. The van der Waals surface area contributed by atoms with Crippen molar-refractivity contribution < 1.29 is 9.59 Å². The number of nitrogens with one attached hydrogen (secondary N) is 1. The number of carbonyl (C=O) groups excluding carboxylic acids is 2. The lowest BCUT2D eigenvalue weighted by Crippen LogP contribution is -2.57. The first-order valence-corrected chi connectivity index (χ1v) is 13.5. The molecule has 176 valence electrons. The van der Waals surface area contributed by atoms with E-state index in [4.69, 9.17) is 0 Å². The van der Waals surface area contributed by atoms with Gasteiger partial charge in [0.05, 0.1) is 10.6 Å². The second-order valence-corrected chi connectivity index (χ2v) is 12.0. The lowest BCUT2D eigenvalue weighted by atomic mass is 9.48. The summed E-state index contributed by atoms with van der Waals surface area (Å²) in [5.41, 5.74) is 2.06. The summed E-state index contributed by atoms with van der Waals surface area (Å²) in [6.07, 6.45) is 9.88. The molecule has 4 nitrogen and oxygen atoms in total. The second kappa shape index (κ2) is 8.60. The number of thioether (sulfide) groups is 1. The third-order valence-corrected chi connectivity index (χ3v) is 9.69. The number of hydrogen-bond acceptors (Lipinski definition) is 3. The van der Waals surface area contributed by atoms with Gasteiger partial charge >= 0.3 is 0 Å². The van der Waals surface area contributed by atoms with Crippen LogP contribution in [0.15, 0.2) is 64.4 Å². The minimum atomic E-state index is -0.106. The van der Waals surface area contributed by atoms with Crippen molar-refractivity contribution in [3.8, 4) is 0 Å². The fourth-order valence-electron chi connectivity index (χ4n) is 7.41. The average molecular weight is 473 g/mol. The Labute approximate surface area is 206 Å². The highest BCUT2D eigenvalue weighted by Crippen LogP contribution is 2.61. The van der Waals surface area contributed by atoms with Gasteiger partial charge in [0.15, 0.2) is 0 Å². The topological polar surface area (TPSA) is 49.4 Å². The van der Waals surface area contributed by atoms with Gasteiger partial charge < -0.3 is 5.32 Å². The first-order chi connectivity index (χ1) is 16.5. The molecule has 0 saturated heterocycles. The Balaban J connectivity index is 1.21. The number of carbonyl (C=O) groups is 2. The zero-order valence-electron chi connectivity index (χ0n) is 19.7. The first-order valence-electron chi connectivity index (χ1n) is 12.6. The maximum atomic E-state index is 13.5. The molecule has 4 aliphatic carbocycles. The van der Waals surface area contributed by atoms with Gasteiger partial charge in [0.2, 0.25) is 5.91 Å². The van der Waals surface area contributed by atoms with Crippen LogP contribution in [0.3, 0.4) is 0 Å². The van der Waals surface area contributed by atoms with Crippen molar-refractivity contribution in [1.29, 1.82) is 0 Å². The molecule has 2 aromatic carbocycles. The predicted octanol–water partition coefficient (Wildman–Crippen LogP) is 5.89. The van der Waals surface area contributed by atoms with E-state index in [1.807, 2.05) is 60.7 Å². The third kappa shape index (κ3) is 3.98. The van der Waals surface area contributed by atoms with Crippen LogP contribution in [0.2, 0.25) is 0 Å². The van der Waals surface area contributed by atoms with Crippen LogP contribution in [-0.4, -0.2) is 24.4 Å². The Hall–Kier alpha value is -2.53. The Morgan fingerprint density at radius 3 is 2.32 bits per heavy atom. The minimum Gasteiger partial charge on any atom is -0.352 e. The fourth-order valence-corrected chi connectivity index (χ4v) is 8.47. The molecule has 1 aliphatic heterocycles. The summed E-state index contributed by atoms with van der Waals surface area (Å²) >= 11 is 1.48. The van der Waals surface area contributed by atoms with E-state index in [0.717, 1.165) is 33.9 Å². The van der Waals surface area contributed by atoms with Gasteiger partial charge in [0, 0.05) is 10.9 Å². The van der Waals surface area contributed by atoms with Crippen LogP contribution in [0.1, 0.15) is 51.0 Å². The fraction of sp³-hybridized carbons (Fsp3) is 0.448. The summed E-state index contributed by atoms with van der Waals surface area (Å²) in [5.74, 6) is 2.39. The van der Waals surface area contributed by atoms with Crippen molar-refractivity contribution >= 4 is 35.3 Å². The number of nitrogens with zero attached hydrogens (tertiary/aromatic N) is 1. The van der Waals surface area contributed by atoms with Gasteiger partial charge in [0.25, 0.3) is 5.91 Å². The number of amides is 2. The smallest absolute Gasteiger partial charge is 0.265 e. The van der Waals surface area contributed by atoms with Gasteiger partial charge in [-0.1, -0.05) is 54.2 Å². The molecule has 0 unspecified atom stereocenters. The Morgan fingerprint density at radius 2 is 1.65 bits per heavy atom. The van der Waals surface area contributed by atoms with Crippen LogP contribution in [0, 0.1) is 23.2 Å². The predicted molar refractivity (Wildman–Crippen MR) is 137 cm³/mol. The molecular weight excluding hydrogens is 440 g/mol. The monoisotopic (exact) mass is 472 g/mol. The van der Waals surface area contributed by atoms with Crippen LogP contribution in [0.4, 0.5) is 5.69 Å². The molecule has 1 atom stereocenters. The number of para-hydroxylation sites is 1. The summed E-state index contributed by atoms with van der Waals surface area (Å²) in [7, 11) is 0. The molecule has 5 aliphatic rings. The summed E-state index contributed by atoms with van der Waals surface area (Å²) in [4.78, 5) is 30.1. The lowest BCUT2D eigenvalue weighted by molar-refractivity contribution is -0.126. The summed E-state index contributed by atoms with van der Waals surface area (Å²) < 4.78 is 0. The van der Waals surface area contributed by atoms with E-state index in [0.29, 0.717) is 4.91 Å². The molecule has 2 amide bonds. The van der Waals surface area contributed by atoms with Gasteiger partial charge in [-0.05, 0) is 92.4 Å². The molecule has 2 aromatic rings. The zero-order valence-corrected chi connectivity index (χ0v) is 20.5. The minimum absolute atomic E-state index is 0.0548. The second-order valence-electron chi connectivity index (χ2n) is 10.9. The Bertz CT molecular complexity index is 1110. The van der Waals surface area contributed by atoms with E-state index >= 15 is 0 Å². The molecule has 4 fully saturated rings. The maximum Gasteiger partial charge on any atom is 0.265 e. The molecule has 34 heavy (non-hydrogen) atoms. The molecular formula is C29H32N2O2S. The van der Waals surface area contributed by atoms with Gasteiger partial charge in [0.1, 0.15) is 6.54 Å². The highest BCUT2D eigenvalue weighted by Gasteiger charge is 2.53. The van der Waals surface area contributed by atoms with Gasteiger partial charge in [-0.2, -0.15) is 0 Å². The molecule has 5 heteroatoms. The van der Waals surface area contributed by atoms with Gasteiger partial charge in [-0.3, -0.25) is 14.5 Å². The first kappa shape index (κ1) is 22.0. The highest BCUT2D eigenvalue weighted by molar-refractivity contribution is 8.04. The zero-order chi connectivity index (χ0) is 23.3. The number of hydrogen-bond donors (Lipinski definition) is 1. The molecule has 4 bridgehead atoms. The molecule has 0 radical (unpaired) electrons. The van der Waals surface area contributed by atoms with Crippen LogP contribution >= 0.6 is 11.8 Å². The molecule has 1 N–H and O–H groups in total. The quantitative estimate of drug-likeness (QED) is 0.552. The molecule has 1 heterocycles. The van der Waals surface area contributed by atoms with Crippen LogP contribution < -0.4 is 10.2 Å². The maximum absolute atomic E-state index is 13.5. The number of rotatable bonds is 5. The van der Waals surface area contributed by atoms with Crippen LogP contribution in [-0.2, 0) is 9.59 Å². The van der Waals surface area contributed by atoms with Gasteiger partial charge in [-0.15, -0.1) is 0 Å². The van der Waals surface area contributed by atoms with E-state index in [1.165, 1.54) is 50.3 Å². The number of anilines is 1. The number of benzene rings is 2. The van der Waals surface area contributed by atoms with E-state index in [1.54, 1.807) is 4.90 Å². The lowest BCUT2D eigenvalue weighted by Gasteiger charge is -2.59. The van der Waals surface area contributed by atoms with Crippen molar-refractivity contribution in [2.24, 2.45) is 23.2 Å². The van der Waals surface area contributed by atoms with Gasteiger partial charge in [-0.25, -0.2) is 0 Å². The standard InChI is InChI=1S/C29H32N2O2S/c1-19(29-15-21-11-22(16-29)13-23(12-21)17-29)30-27(32)18-31-24-9-5-6-10-25(24)34-26(28(31)33)14-20-7-3-2-4-8-20/h2-10,14,19,21-23H,11-13,15-18H2,1H3,(H,30,32)/b26-14-/t19-,21?,22?,23?,29?/m1/s1. The van der Waals surface area contributed by atoms with Crippen LogP contribution in [0.5, 0.6) is 0 Å². The molecule has 7 rings (SSSR count). The summed E-state index contributed by atoms with van der Waals surface area (Å²) in [6, 6.07) is 17.9. The molecule has 4 saturated carbocycles. The highest BCUT2D eigenvalue weighted by atomic mass is 32.2.